The molecule has 0 aromatic rings. The standard InChI is InChI=1S/C9H12F4/c1-3-8(10)6-4-5-7(2)9(11,12)13/h4-7H,3H2,1-2H3/b5-4-,8-6+/t7-/m1/s1. The van der Waals surface area contributed by atoms with Crippen molar-refractivity contribution in [2.24, 2.45) is 5.92 Å². The van der Waals surface area contributed by atoms with Gasteiger partial charge in [0.1, 0.15) is 0 Å². The lowest BCUT2D eigenvalue weighted by atomic mass is 10.1. The molecule has 0 nitrogen and oxygen atoms in total. The lowest BCUT2D eigenvalue weighted by molar-refractivity contribution is -0.156. The number of hydrogen-bond acceptors (Lipinski definition) is 0. The minimum atomic E-state index is -4.24. The van der Waals surface area contributed by atoms with Crippen LogP contribution in [0.1, 0.15) is 20.3 Å². The minimum Gasteiger partial charge on any atom is -0.212 e. The summed E-state index contributed by atoms with van der Waals surface area (Å²) in [6.45, 7) is 2.61. The fourth-order valence-corrected chi connectivity index (χ4v) is 0.554. The molecule has 0 fully saturated rings. The molecule has 0 saturated heterocycles. The van der Waals surface area contributed by atoms with E-state index in [1.54, 1.807) is 6.92 Å². The van der Waals surface area contributed by atoms with E-state index >= 15 is 0 Å². The topological polar surface area (TPSA) is 0 Å². The zero-order chi connectivity index (χ0) is 10.5. The van der Waals surface area contributed by atoms with Crippen LogP contribution < -0.4 is 0 Å². The molecule has 13 heavy (non-hydrogen) atoms. The van der Waals surface area contributed by atoms with Crippen molar-refractivity contribution in [3.8, 4) is 0 Å². The van der Waals surface area contributed by atoms with E-state index in [1.807, 2.05) is 0 Å². The van der Waals surface area contributed by atoms with Crippen LogP contribution in [-0.4, -0.2) is 6.18 Å². The number of hydrogen-bond donors (Lipinski definition) is 0. The highest BCUT2D eigenvalue weighted by molar-refractivity contribution is 5.08. The van der Waals surface area contributed by atoms with E-state index in [9.17, 15) is 17.6 Å². The summed E-state index contributed by atoms with van der Waals surface area (Å²) in [6.07, 6.45) is -0.980. The van der Waals surface area contributed by atoms with E-state index < -0.39 is 17.9 Å². The number of allylic oxidation sites excluding steroid dienone is 4. The van der Waals surface area contributed by atoms with Gasteiger partial charge in [-0.05, 0) is 12.5 Å². The molecular formula is C9H12F4. The molecule has 0 heterocycles. The Morgan fingerprint density at radius 2 is 1.92 bits per heavy atom. The maximum absolute atomic E-state index is 12.4. The Kier molecular flexibility index (Phi) is 4.73. The van der Waals surface area contributed by atoms with Gasteiger partial charge in [0.15, 0.2) is 0 Å². The third-order valence-electron chi connectivity index (χ3n) is 1.53. The maximum Gasteiger partial charge on any atom is 0.394 e. The molecule has 0 bridgehead atoms. The highest BCUT2D eigenvalue weighted by Crippen LogP contribution is 2.26. The van der Waals surface area contributed by atoms with Crippen LogP contribution in [0.15, 0.2) is 24.1 Å². The molecule has 4 heteroatoms. The molecule has 0 spiro atoms. The Bertz CT molecular complexity index is 200. The first-order chi connectivity index (χ1) is 5.88. The Hall–Kier alpha value is -0.800. The highest BCUT2D eigenvalue weighted by Gasteiger charge is 2.33. The van der Waals surface area contributed by atoms with Crippen LogP contribution in [0.2, 0.25) is 0 Å². The van der Waals surface area contributed by atoms with E-state index in [0.717, 1.165) is 25.2 Å². The predicted molar refractivity (Wildman–Crippen MR) is 43.8 cm³/mol. The molecule has 0 aliphatic carbocycles. The molecule has 0 amide bonds. The number of alkyl halides is 3. The SMILES string of the molecule is CC/C(F)=C\C=C/[C@@H](C)C(F)(F)F. The van der Waals surface area contributed by atoms with E-state index in [-0.39, 0.29) is 6.42 Å². The molecule has 76 valence electrons. The van der Waals surface area contributed by atoms with E-state index in [1.165, 1.54) is 0 Å². The average molecular weight is 196 g/mol. The Labute approximate surface area is 74.9 Å². The summed E-state index contributed by atoms with van der Waals surface area (Å²) in [7, 11) is 0. The second-order valence-electron chi connectivity index (χ2n) is 2.68. The normalized spacial score (nSPS) is 16.6. The van der Waals surface area contributed by atoms with Gasteiger partial charge in [0.05, 0.1) is 11.7 Å². The second kappa shape index (κ2) is 5.04. The highest BCUT2D eigenvalue weighted by atomic mass is 19.4. The van der Waals surface area contributed by atoms with Crippen LogP contribution in [0.4, 0.5) is 17.6 Å². The van der Waals surface area contributed by atoms with Crippen molar-refractivity contribution in [3.63, 3.8) is 0 Å². The van der Waals surface area contributed by atoms with Gasteiger partial charge in [0.25, 0.3) is 0 Å². The van der Waals surface area contributed by atoms with Gasteiger partial charge in [-0.25, -0.2) is 4.39 Å². The molecular weight excluding hydrogens is 184 g/mol. The van der Waals surface area contributed by atoms with E-state index in [4.69, 9.17) is 0 Å². The van der Waals surface area contributed by atoms with Crippen molar-refractivity contribution in [1.29, 1.82) is 0 Å². The second-order valence-corrected chi connectivity index (χ2v) is 2.68. The predicted octanol–water partition coefficient (Wildman–Crippen LogP) is 4.00. The Morgan fingerprint density at radius 1 is 1.38 bits per heavy atom. The summed E-state index contributed by atoms with van der Waals surface area (Å²) in [6, 6.07) is 0. The Morgan fingerprint density at radius 3 is 2.31 bits per heavy atom. The molecule has 1 atom stereocenters. The van der Waals surface area contributed by atoms with Crippen LogP contribution in [-0.2, 0) is 0 Å². The first-order valence-electron chi connectivity index (χ1n) is 3.97. The van der Waals surface area contributed by atoms with E-state index in [0.29, 0.717) is 0 Å². The minimum absolute atomic E-state index is 0.199. The van der Waals surface area contributed by atoms with Crippen LogP contribution in [0, 0.1) is 5.92 Å². The smallest absolute Gasteiger partial charge is 0.212 e. The molecule has 0 N–H and O–H groups in total. The van der Waals surface area contributed by atoms with Crippen molar-refractivity contribution in [2.45, 2.75) is 26.4 Å². The van der Waals surface area contributed by atoms with Crippen LogP contribution in [0.25, 0.3) is 0 Å². The lowest BCUT2D eigenvalue weighted by Gasteiger charge is -2.09. The van der Waals surface area contributed by atoms with Gasteiger partial charge in [0.2, 0.25) is 0 Å². The molecule has 0 unspecified atom stereocenters. The molecule has 0 aromatic heterocycles. The van der Waals surface area contributed by atoms with Crippen molar-refractivity contribution in [1.82, 2.24) is 0 Å². The summed E-state index contributed by atoms with van der Waals surface area (Å²) in [5.41, 5.74) is 0. The Balaban J connectivity index is 4.14. The number of rotatable bonds is 3. The first kappa shape index (κ1) is 12.2. The van der Waals surface area contributed by atoms with Gasteiger partial charge in [-0.1, -0.05) is 26.0 Å². The van der Waals surface area contributed by atoms with Gasteiger partial charge < -0.3 is 0 Å². The fraction of sp³-hybridized carbons (Fsp3) is 0.556. The zero-order valence-electron chi connectivity index (χ0n) is 7.53. The molecule has 0 aromatic carbocycles. The van der Waals surface area contributed by atoms with Crippen molar-refractivity contribution in [3.05, 3.63) is 24.1 Å². The molecule has 0 aliphatic heterocycles. The van der Waals surface area contributed by atoms with E-state index in [2.05, 4.69) is 0 Å². The monoisotopic (exact) mass is 196 g/mol. The van der Waals surface area contributed by atoms with Gasteiger partial charge in [-0.3, -0.25) is 0 Å². The summed E-state index contributed by atoms with van der Waals surface area (Å²) in [5, 5.41) is 0. The van der Waals surface area contributed by atoms with Crippen LogP contribution in [0.3, 0.4) is 0 Å². The third-order valence-corrected chi connectivity index (χ3v) is 1.53. The van der Waals surface area contributed by atoms with Gasteiger partial charge in [0, 0.05) is 0 Å². The number of halogens is 4. The quantitative estimate of drug-likeness (QED) is 0.472. The van der Waals surface area contributed by atoms with Crippen LogP contribution in [0.5, 0.6) is 0 Å². The summed E-state index contributed by atoms with van der Waals surface area (Å²) in [5.74, 6) is -1.96. The molecule has 0 rings (SSSR count). The maximum atomic E-state index is 12.4. The van der Waals surface area contributed by atoms with Crippen LogP contribution >= 0.6 is 0 Å². The van der Waals surface area contributed by atoms with Crippen molar-refractivity contribution in [2.75, 3.05) is 0 Å². The van der Waals surface area contributed by atoms with Gasteiger partial charge >= 0.3 is 6.18 Å². The average Bonchev–Trinajstić information content (AvgIpc) is 2.02. The molecule has 0 saturated carbocycles. The first-order valence-corrected chi connectivity index (χ1v) is 3.97. The van der Waals surface area contributed by atoms with Gasteiger partial charge in [-0.15, -0.1) is 0 Å². The fourth-order valence-electron chi connectivity index (χ4n) is 0.554. The van der Waals surface area contributed by atoms with Gasteiger partial charge in [-0.2, -0.15) is 13.2 Å². The third kappa shape index (κ3) is 5.44. The largest absolute Gasteiger partial charge is 0.394 e. The summed E-state index contributed by atoms with van der Waals surface area (Å²) in [4.78, 5) is 0. The summed E-state index contributed by atoms with van der Waals surface area (Å²) < 4.78 is 48.1. The summed E-state index contributed by atoms with van der Waals surface area (Å²) >= 11 is 0. The lowest BCUT2D eigenvalue weighted by Crippen LogP contribution is -2.17. The van der Waals surface area contributed by atoms with Crippen molar-refractivity contribution < 1.29 is 17.6 Å². The molecule has 0 radical (unpaired) electrons. The van der Waals surface area contributed by atoms with Crippen molar-refractivity contribution >= 4 is 0 Å². The zero-order valence-corrected chi connectivity index (χ0v) is 7.53. The molecule has 0 aliphatic rings.